The van der Waals surface area contributed by atoms with Gasteiger partial charge in [0.15, 0.2) is 11.9 Å². The number of nitrogens with one attached hydrogen (secondary N) is 2. The summed E-state index contributed by atoms with van der Waals surface area (Å²) in [6, 6.07) is 12.7. The van der Waals surface area contributed by atoms with E-state index in [1.54, 1.807) is 31.2 Å². The smallest absolute Gasteiger partial charge is 0.267 e. The number of anilines is 1. The molecule has 0 saturated heterocycles. The summed E-state index contributed by atoms with van der Waals surface area (Å²) >= 11 is 6.10. The molecule has 3 aromatic rings. The van der Waals surface area contributed by atoms with Crippen LogP contribution in [0.25, 0.3) is 11.4 Å². The highest BCUT2D eigenvalue weighted by molar-refractivity contribution is 6.33. The number of nitrogens with zero attached hydrogens (tertiary/aromatic N) is 2. The van der Waals surface area contributed by atoms with E-state index in [-0.39, 0.29) is 11.7 Å². The lowest BCUT2D eigenvalue weighted by molar-refractivity contribution is -0.122. The highest BCUT2D eigenvalue weighted by atomic mass is 35.5. The molecule has 0 aliphatic rings. The predicted molar refractivity (Wildman–Crippen MR) is 91.9 cm³/mol. The molecule has 3 rings (SSSR count). The molecule has 0 spiro atoms. The Morgan fingerprint density at radius 3 is 2.84 bits per heavy atom. The van der Waals surface area contributed by atoms with Gasteiger partial charge in [0.2, 0.25) is 5.95 Å². The monoisotopic (exact) mass is 360 g/mol. The molecule has 8 heteroatoms. The number of rotatable bonds is 5. The van der Waals surface area contributed by atoms with Gasteiger partial charge in [-0.25, -0.2) is 4.39 Å². The van der Waals surface area contributed by atoms with E-state index >= 15 is 0 Å². The molecule has 6 nitrogen and oxygen atoms in total. The highest BCUT2D eigenvalue weighted by Crippen LogP contribution is 2.25. The number of aromatic amines is 1. The van der Waals surface area contributed by atoms with Crippen LogP contribution in [0.4, 0.5) is 10.3 Å². The summed E-state index contributed by atoms with van der Waals surface area (Å²) in [6.07, 6.45) is -0.857. The van der Waals surface area contributed by atoms with Gasteiger partial charge in [0.05, 0.1) is 5.02 Å². The molecule has 0 aliphatic heterocycles. The first-order valence-corrected chi connectivity index (χ1v) is 7.81. The van der Waals surface area contributed by atoms with E-state index in [1.165, 1.54) is 18.2 Å². The van der Waals surface area contributed by atoms with E-state index in [9.17, 15) is 9.18 Å². The van der Waals surface area contributed by atoms with Crippen LogP contribution in [-0.2, 0) is 4.79 Å². The van der Waals surface area contributed by atoms with Crippen LogP contribution >= 0.6 is 11.6 Å². The zero-order valence-electron chi connectivity index (χ0n) is 13.2. The van der Waals surface area contributed by atoms with Crippen molar-refractivity contribution in [2.45, 2.75) is 13.0 Å². The maximum absolute atomic E-state index is 13.1. The molecule has 0 bridgehead atoms. The molecular formula is C17H14ClFN4O2. The topological polar surface area (TPSA) is 79.9 Å². The maximum atomic E-state index is 13.1. The van der Waals surface area contributed by atoms with Crippen molar-refractivity contribution in [3.63, 3.8) is 0 Å². The molecule has 0 saturated carbocycles. The maximum Gasteiger partial charge on any atom is 0.267 e. The van der Waals surface area contributed by atoms with Crippen molar-refractivity contribution in [3.8, 4) is 17.1 Å². The normalized spacial score (nSPS) is 11.8. The minimum atomic E-state index is -0.857. The number of ether oxygens (including phenoxy) is 1. The molecule has 128 valence electrons. The number of aromatic nitrogens is 3. The van der Waals surface area contributed by atoms with Crippen molar-refractivity contribution >= 4 is 23.5 Å². The van der Waals surface area contributed by atoms with E-state index in [0.717, 1.165) is 0 Å². The number of hydrogen-bond donors (Lipinski definition) is 2. The molecule has 25 heavy (non-hydrogen) atoms. The largest absolute Gasteiger partial charge is 0.481 e. The van der Waals surface area contributed by atoms with Crippen molar-refractivity contribution in [2.24, 2.45) is 0 Å². The van der Waals surface area contributed by atoms with Crippen LogP contribution in [0.5, 0.6) is 5.75 Å². The highest BCUT2D eigenvalue weighted by Gasteiger charge is 2.18. The van der Waals surface area contributed by atoms with Gasteiger partial charge in [0.1, 0.15) is 11.6 Å². The fourth-order valence-corrected chi connectivity index (χ4v) is 2.33. The lowest BCUT2D eigenvalue weighted by Crippen LogP contribution is -2.30. The first kappa shape index (κ1) is 16.9. The van der Waals surface area contributed by atoms with Gasteiger partial charge < -0.3 is 4.74 Å². The lowest BCUT2D eigenvalue weighted by atomic mass is 10.2. The zero-order chi connectivity index (χ0) is 17.8. The minimum Gasteiger partial charge on any atom is -0.481 e. The summed E-state index contributed by atoms with van der Waals surface area (Å²) in [6.45, 7) is 1.54. The van der Waals surface area contributed by atoms with Gasteiger partial charge in [0, 0.05) is 11.6 Å². The number of carbonyl (C=O) groups is 1. The Bertz CT molecular complexity index is 900. The molecule has 1 aromatic heterocycles. The van der Waals surface area contributed by atoms with Crippen LogP contribution in [0.2, 0.25) is 5.02 Å². The summed E-state index contributed by atoms with van der Waals surface area (Å²) in [5.41, 5.74) is 0.668. The van der Waals surface area contributed by atoms with Crippen molar-refractivity contribution < 1.29 is 13.9 Å². The molecule has 1 atom stereocenters. The average Bonchev–Trinajstić information content (AvgIpc) is 3.03. The van der Waals surface area contributed by atoms with Crippen molar-refractivity contribution in [1.29, 1.82) is 0 Å². The van der Waals surface area contributed by atoms with Gasteiger partial charge in [-0.05, 0) is 31.2 Å². The number of H-pyrrole nitrogens is 1. The molecule has 0 aliphatic carbocycles. The molecule has 0 fully saturated rings. The van der Waals surface area contributed by atoms with Gasteiger partial charge >= 0.3 is 0 Å². The van der Waals surface area contributed by atoms with E-state index in [0.29, 0.717) is 16.4 Å². The van der Waals surface area contributed by atoms with E-state index in [4.69, 9.17) is 16.3 Å². The summed E-state index contributed by atoms with van der Waals surface area (Å²) in [5, 5.41) is 9.69. The number of halogens is 2. The van der Waals surface area contributed by atoms with Crippen LogP contribution in [0.3, 0.4) is 0 Å². The Hall–Kier alpha value is -2.93. The average molecular weight is 361 g/mol. The Balaban J connectivity index is 1.66. The SMILES string of the molecule is CC(Oc1cccc(F)c1)C(=O)Nc1n[nH]c(-c2ccccc2Cl)n1. The van der Waals surface area contributed by atoms with E-state index in [1.807, 2.05) is 6.07 Å². The molecule has 1 unspecified atom stereocenters. The molecule has 1 heterocycles. The van der Waals surface area contributed by atoms with Gasteiger partial charge in [0.25, 0.3) is 5.91 Å². The van der Waals surface area contributed by atoms with Crippen molar-refractivity contribution in [1.82, 2.24) is 15.2 Å². The Morgan fingerprint density at radius 2 is 2.08 bits per heavy atom. The number of amides is 1. The Kier molecular flexibility index (Phi) is 4.95. The molecular weight excluding hydrogens is 347 g/mol. The van der Waals surface area contributed by atoms with Crippen LogP contribution in [0.15, 0.2) is 48.5 Å². The third-order valence-electron chi connectivity index (χ3n) is 3.33. The summed E-state index contributed by atoms with van der Waals surface area (Å²) in [5.74, 6) is -0.124. The second-order valence-electron chi connectivity index (χ2n) is 5.19. The third-order valence-corrected chi connectivity index (χ3v) is 3.66. The summed E-state index contributed by atoms with van der Waals surface area (Å²) in [7, 11) is 0. The fourth-order valence-electron chi connectivity index (χ4n) is 2.10. The van der Waals surface area contributed by atoms with Gasteiger partial charge in [-0.3, -0.25) is 15.2 Å². The van der Waals surface area contributed by atoms with Crippen LogP contribution in [-0.4, -0.2) is 27.2 Å². The number of hydrogen-bond acceptors (Lipinski definition) is 4. The summed E-state index contributed by atoms with van der Waals surface area (Å²) < 4.78 is 18.5. The molecule has 1 amide bonds. The minimum absolute atomic E-state index is 0.0922. The molecule has 2 N–H and O–H groups in total. The quantitative estimate of drug-likeness (QED) is 0.727. The van der Waals surface area contributed by atoms with Crippen LogP contribution in [0.1, 0.15) is 6.92 Å². The second-order valence-corrected chi connectivity index (χ2v) is 5.60. The third kappa shape index (κ3) is 4.13. The van der Waals surface area contributed by atoms with E-state index in [2.05, 4.69) is 20.5 Å². The fraction of sp³-hybridized carbons (Fsp3) is 0.118. The van der Waals surface area contributed by atoms with Gasteiger partial charge in [-0.15, -0.1) is 5.10 Å². The predicted octanol–water partition coefficient (Wildman–Crippen LogP) is 3.67. The van der Waals surface area contributed by atoms with Gasteiger partial charge in [-0.1, -0.05) is 29.8 Å². The van der Waals surface area contributed by atoms with Crippen molar-refractivity contribution in [3.05, 3.63) is 59.4 Å². The first-order chi connectivity index (χ1) is 12.0. The number of carbonyl (C=O) groups excluding carboxylic acids is 1. The molecule has 2 aromatic carbocycles. The van der Waals surface area contributed by atoms with Crippen LogP contribution in [0, 0.1) is 5.82 Å². The van der Waals surface area contributed by atoms with Gasteiger partial charge in [-0.2, -0.15) is 4.98 Å². The van der Waals surface area contributed by atoms with Crippen molar-refractivity contribution in [2.75, 3.05) is 5.32 Å². The van der Waals surface area contributed by atoms with Crippen LogP contribution < -0.4 is 10.1 Å². The number of benzene rings is 2. The second kappa shape index (κ2) is 7.31. The Morgan fingerprint density at radius 1 is 1.28 bits per heavy atom. The summed E-state index contributed by atoms with van der Waals surface area (Å²) in [4.78, 5) is 16.4. The molecule has 0 radical (unpaired) electrons. The lowest BCUT2D eigenvalue weighted by Gasteiger charge is -2.13. The Labute approximate surface area is 148 Å². The first-order valence-electron chi connectivity index (χ1n) is 7.43. The standard InChI is InChI=1S/C17H14ClFN4O2/c1-10(25-12-6-4-5-11(19)9-12)16(24)21-17-20-15(22-23-17)13-7-2-3-8-14(13)18/h2-10H,1H3,(H2,20,21,22,23,24). The zero-order valence-corrected chi connectivity index (χ0v) is 13.9. The van der Waals surface area contributed by atoms with E-state index < -0.39 is 17.8 Å².